The van der Waals surface area contributed by atoms with E-state index in [1.165, 1.54) is 0 Å². The number of phenolic OH excluding ortho intramolecular Hbond substituents is 1. The number of fused-ring (bicyclic) bond motifs is 2. The highest BCUT2D eigenvalue weighted by Crippen LogP contribution is 2.51. The molecule has 1 amide bonds. The highest BCUT2D eigenvalue weighted by molar-refractivity contribution is 5.74. The molecule has 2 aromatic rings. The van der Waals surface area contributed by atoms with E-state index >= 15 is 0 Å². The molecular formula is C36H53F2N7O3. The molecule has 12 heteroatoms. The molecule has 10 nitrogen and oxygen atoms in total. The van der Waals surface area contributed by atoms with Crippen molar-refractivity contribution in [2.75, 3.05) is 69.8 Å². The first-order chi connectivity index (χ1) is 23.0. The minimum absolute atomic E-state index is 0.144. The number of nitrogens with two attached hydrogens (primary N) is 1. The predicted molar refractivity (Wildman–Crippen MR) is 183 cm³/mol. The molecule has 1 aromatic carbocycles. The van der Waals surface area contributed by atoms with E-state index in [-0.39, 0.29) is 41.9 Å². The molecule has 4 aliphatic rings. The average Bonchev–Trinajstić information content (AvgIpc) is 3.26. The summed E-state index contributed by atoms with van der Waals surface area (Å²) in [6.45, 7) is 9.78. The van der Waals surface area contributed by atoms with E-state index in [2.05, 4.69) is 24.9 Å². The number of amides is 1. The first-order valence-corrected chi connectivity index (χ1v) is 17.7. The number of nitrogens with zero attached hydrogens (tertiary/aromatic N) is 6. The molecule has 4 heterocycles. The van der Waals surface area contributed by atoms with Crippen LogP contribution >= 0.6 is 0 Å². The second-order valence-corrected chi connectivity index (χ2v) is 15.6. The van der Waals surface area contributed by atoms with E-state index in [1.54, 1.807) is 12.1 Å². The van der Waals surface area contributed by atoms with Crippen LogP contribution in [-0.4, -0.2) is 119 Å². The van der Waals surface area contributed by atoms with Crippen LogP contribution in [0.3, 0.4) is 0 Å². The van der Waals surface area contributed by atoms with Gasteiger partial charge in [-0.05, 0) is 89.3 Å². The number of anilines is 2. The lowest BCUT2D eigenvalue weighted by molar-refractivity contribution is -0.0540. The van der Waals surface area contributed by atoms with Crippen LogP contribution in [-0.2, 0) is 4.74 Å². The third-order valence-corrected chi connectivity index (χ3v) is 11.0. The summed E-state index contributed by atoms with van der Waals surface area (Å²) in [6.07, 6.45) is 6.25. The van der Waals surface area contributed by atoms with E-state index in [0.29, 0.717) is 62.3 Å². The number of aromatic hydroxyl groups is 1. The number of carbonyl (C=O) groups excluding carboxylic acids is 1. The van der Waals surface area contributed by atoms with Gasteiger partial charge in [-0.2, -0.15) is 0 Å². The van der Waals surface area contributed by atoms with E-state index in [4.69, 9.17) is 10.5 Å². The third kappa shape index (κ3) is 7.64. The van der Waals surface area contributed by atoms with Crippen LogP contribution in [0.15, 0.2) is 30.3 Å². The normalized spacial score (nSPS) is 23.5. The maximum absolute atomic E-state index is 14.7. The number of piperazine rings is 1. The lowest BCUT2D eigenvalue weighted by atomic mass is 9.60. The van der Waals surface area contributed by atoms with Crippen molar-refractivity contribution < 1.29 is 23.4 Å². The number of aromatic nitrogens is 2. The summed E-state index contributed by atoms with van der Waals surface area (Å²) in [5.74, 6) is 0.358. The van der Waals surface area contributed by atoms with Crippen LogP contribution in [0.2, 0.25) is 0 Å². The molecule has 3 atom stereocenters. The molecule has 1 saturated carbocycles. The summed E-state index contributed by atoms with van der Waals surface area (Å²) in [7, 11) is 0. The fourth-order valence-electron chi connectivity index (χ4n) is 8.52. The van der Waals surface area contributed by atoms with Crippen LogP contribution < -0.4 is 10.6 Å². The SMILES string of the molecule is CC(C)(C)OC(=O)N1CCC2(CC1)CC(N(CCCF)CC(CF)CN1C3CCC1CN(c1cc(-c4ccccc4O)nnc1N)C3)C2. The smallest absolute Gasteiger partial charge is 0.410 e. The Hall–Kier alpha value is -3.25. The zero-order valence-electron chi connectivity index (χ0n) is 28.8. The Balaban J connectivity index is 1.05. The molecule has 3 N–H and O–H groups in total. The van der Waals surface area contributed by atoms with Gasteiger partial charge in [-0.3, -0.25) is 18.6 Å². The van der Waals surface area contributed by atoms with Crippen LogP contribution in [0.5, 0.6) is 5.75 Å². The fraction of sp³-hybridized carbons (Fsp3) is 0.694. The second kappa shape index (κ2) is 14.3. The summed E-state index contributed by atoms with van der Waals surface area (Å²) in [4.78, 5) is 21.5. The molecule has 264 valence electrons. The molecule has 1 aliphatic carbocycles. The van der Waals surface area contributed by atoms with Gasteiger partial charge >= 0.3 is 6.09 Å². The monoisotopic (exact) mass is 669 g/mol. The van der Waals surface area contributed by atoms with Gasteiger partial charge in [-0.1, -0.05) is 12.1 Å². The molecular weight excluding hydrogens is 616 g/mol. The van der Waals surface area contributed by atoms with E-state index in [1.807, 2.05) is 43.9 Å². The van der Waals surface area contributed by atoms with Crippen molar-refractivity contribution in [3.8, 4) is 17.0 Å². The van der Waals surface area contributed by atoms with Crippen molar-refractivity contribution in [3.05, 3.63) is 30.3 Å². The molecule has 48 heavy (non-hydrogen) atoms. The topological polar surface area (TPSA) is 111 Å². The van der Waals surface area contributed by atoms with Gasteiger partial charge in [0.05, 0.1) is 24.7 Å². The molecule has 1 aromatic heterocycles. The number of piperidine rings is 1. The molecule has 3 saturated heterocycles. The third-order valence-electron chi connectivity index (χ3n) is 11.0. The summed E-state index contributed by atoms with van der Waals surface area (Å²) in [6, 6.07) is 9.86. The number of para-hydroxylation sites is 1. The van der Waals surface area contributed by atoms with Gasteiger partial charge in [0, 0.05) is 75.4 Å². The Morgan fingerprint density at radius 2 is 1.81 bits per heavy atom. The van der Waals surface area contributed by atoms with Gasteiger partial charge in [0.15, 0.2) is 5.82 Å². The molecule has 0 radical (unpaired) electrons. The quantitative estimate of drug-likeness (QED) is 0.320. The minimum atomic E-state index is -0.506. The predicted octanol–water partition coefficient (Wildman–Crippen LogP) is 5.51. The Kier molecular flexibility index (Phi) is 10.3. The number of nitrogen functional groups attached to an aromatic ring is 1. The number of alkyl halides is 2. The number of hydrogen-bond donors (Lipinski definition) is 2. The van der Waals surface area contributed by atoms with Gasteiger partial charge in [-0.25, -0.2) is 4.79 Å². The highest BCUT2D eigenvalue weighted by atomic mass is 19.1. The molecule has 2 bridgehead atoms. The van der Waals surface area contributed by atoms with Crippen molar-refractivity contribution >= 4 is 17.6 Å². The Morgan fingerprint density at radius 1 is 1.12 bits per heavy atom. The summed E-state index contributed by atoms with van der Waals surface area (Å²) in [5, 5.41) is 18.8. The Morgan fingerprint density at radius 3 is 2.44 bits per heavy atom. The number of phenols is 1. The van der Waals surface area contributed by atoms with Crippen molar-refractivity contribution in [2.45, 2.75) is 89.4 Å². The molecule has 4 fully saturated rings. The maximum Gasteiger partial charge on any atom is 0.410 e. The first kappa shape index (κ1) is 34.6. The fourth-order valence-corrected chi connectivity index (χ4v) is 8.52. The number of carbonyl (C=O) groups is 1. The largest absolute Gasteiger partial charge is 0.507 e. The minimum Gasteiger partial charge on any atom is -0.507 e. The average molecular weight is 670 g/mol. The lowest BCUT2D eigenvalue weighted by Crippen LogP contribution is -2.58. The van der Waals surface area contributed by atoms with Gasteiger partial charge in [0.25, 0.3) is 0 Å². The van der Waals surface area contributed by atoms with Crippen LogP contribution in [0.4, 0.5) is 25.1 Å². The van der Waals surface area contributed by atoms with Crippen LogP contribution in [0.1, 0.15) is 65.7 Å². The number of likely N-dealkylation sites (tertiary alicyclic amines) is 1. The standard InChI is InChI=1S/C36H53F2N7O3/c1-35(2,3)48-34(47)42-15-11-36(12-16-42)18-28(19-36)43(14-6-13-37)21-25(20-38)22-45-26-9-10-27(45)24-44(23-26)31-17-30(40-41-33(31)39)29-7-4-5-8-32(29)46/h4-5,7-8,17,25-28,46H,6,9-16,18-24H2,1-3H3,(H2,39,41). The number of halogens is 2. The van der Waals surface area contributed by atoms with Crippen molar-refractivity contribution in [2.24, 2.45) is 11.3 Å². The zero-order valence-corrected chi connectivity index (χ0v) is 28.8. The van der Waals surface area contributed by atoms with Crippen molar-refractivity contribution in [1.82, 2.24) is 24.9 Å². The second-order valence-electron chi connectivity index (χ2n) is 15.6. The van der Waals surface area contributed by atoms with E-state index in [9.17, 15) is 18.7 Å². The van der Waals surface area contributed by atoms with Gasteiger partial charge in [0.2, 0.25) is 0 Å². The Labute approximate surface area is 283 Å². The molecule has 1 spiro atoms. The number of ether oxygens (including phenoxy) is 1. The van der Waals surface area contributed by atoms with E-state index in [0.717, 1.165) is 57.3 Å². The Bertz CT molecular complexity index is 1390. The van der Waals surface area contributed by atoms with Crippen LogP contribution in [0, 0.1) is 11.3 Å². The molecule has 3 aliphatic heterocycles. The zero-order chi connectivity index (χ0) is 34.1. The molecule has 3 unspecified atom stereocenters. The van der Waals surface area contributed by atoms with Crippen molar-refractivity contribution in [3.63, 3.8) is 0 Å². The summed E-state index contributed by atoms with van der Waals surface area (Å²) < 4.78 is 33.7. The van der Waals surface area contributed by atoms with Crippen LogP contribution in [0.25, 0.3) is 11.3 Å². The highest BCUT2D eigenvalue weighted by Gasteiger charge is 2.49. The maximum atomic E-state index is 14.7. The number of rotatable bonds is 11. The van der Waals surface area contributed by atoms with Gasteiger partial charge in [-0.15, -0.1) is 10.2 Å². The summed E-state index contributed by atoms with van der Waals surface area (Å²) >= 11 is 0. The van der Waals surface area contributed by atoms with E-state index < -0.39 is 12.3 Å². The number of hydrogen-bond acceptors (Lipinski definition) is 9. The molecule has 6 rings (SSSR count). The summed E-state index contributed by atoms with van der Waals surface area (Å²) in [5.41, 5.74) is 8.03. The van der Waals surface area contributed by atoms with Gasteiger partial charge in [0.1, 0.15) is 11.4 Å². The van der Waals surface area contributed by atoms with Crippen molar-refractivity contribution in [1.29, 1.82) is 0 Å². The lowest BCUT2D eigenvalue weighted by Gasteiger charge is -2.55. The van der Waals surface area contributed by atoms with Gasteiger partial charge < -0.3 is 25.4 Å². The first-order valence-electron chi connectivity index (χ1n) is 17.7. The number of benzene rings is 1.